The molecular formula is C41H41FN8O6. The van der Waals surface area contributed by atoms with Gasteiger partial charge in [0.1, 0.15) is 29.5 Å². The number of amides is 4. The Bertz CT molecular complexity index is 2320. The number of ether oxygens (including phenoxy) is 2. The minimum Gasteiger partial charge on any atom is -0.453 e. The molecule has 0 saturated carbocycles. The second kappa shape index (κ2) is 15.0. The minimum atomic E-state index is -0.761. The summed E-state index contributed by atoms with van der Waals surface area (Å²) in [5.74, 6) is 0.373. The van der Waals surface area contributed by atoms with Gasteiger partial charge in [-0.25, -0.2) is 23.9 Å². The van der Waals surface area contributed by atoms with Crippen molar-refractivity contribution in [2.24, 2.45) is 0 Å². The molecule has 3 aliphatic heterocycles. The van der Waals surface area contributed by atoms with Gasteiger partial charge in [0.25, 0.3) is 0 Å². The van der Waals surface area contributed by atoms with Crippen LogP contribution in [-0.4, -0.2) is 81.7 Å². The highest BCUT2D eigenvalue weighted by atomic mass is 19.1. The molecule has 8 rings (SSSR count). The zero-order valence-electron chi connectivity index (χ0n) is 31.1. The van der Waals surface area contributed by atoms with Gasteiger partial charge in [0.15, 0.2) is 0 Å². The number of hydrogen-bond donors (Lipinski definition) is 4. The Morgan fingerprint density at radius 3 is 2.23 bits per heavy atom. The van der Waals surface area contributed by atoms with Gasteiger partial charge in [-0.1, -0.05) is 54.6 Å². The summed E-state index contributed by atoms with van der Waals surface area (Å²) in [5.41, 5.74) is 6.93. The van der Waals surface area contributed by atoms with E-state index in [1.165, 1.54) is 20.3 Å². The monoisotopic (exact) mass is 760 g/mol. The summed E-state index contributed by atoms with van der Waals surface area (Å²) in [4.78, 5) is 70.1. The van der Waals surface area contributed by atoms with Crippen LogP contribution in [0.3, 0.4) is 0 Å². The summed E-state index contributed by atoms with van der Waals surface area (Å²) in [6, 6.07) is 16.4. The number of anilines is 1. The van der Waals surface area contributed by atoms with E-state index in [9.17, 15) is 19.2 Å². The lowest BCUT2D eigenvalue weighted by Crippen LogP contribution is -2.48. The average Bonchev–Trinajstić information content (AvgIpc) is 4.04. The summed E-state index contributed by atoms with van der Waals surface area (Å²) in [6.45, 7) is 2.14. The lowest BCUT2D eigenvalue weighted by Gasteiger charge is -2.27. The van der Waals surface area contributed by atoms with Crippen molar-refractivity contribution >= 4 is 29.7 Å². The Morgan fingerprint density at radius 1 is 0.857 bits per heavy atom. The number of nitrogens with one attached hydrogen (secondary N) is 4. The van der Waals surface area contributed by atoms with E-state index < -0.39 is 30.1 Å². The number of carbonyl (C=O) groups is 4. The molecule has 4 atom stereocenters. The number of rotatable bonds is 8. The number of hydrogen-bond acceptors (Lipinski definition) is 8. The number of aryl methyl sites for hydroxylation is 1. The number of imidazole rings is 2. The summed E-state index contributed by atoms with van der Waals surface area (Å²) < 4.78 is 25.1. The second-order valence-corrected chi connectivity index (χ2v) is 14.3. The Morgan fingerprint density at radius 2 is 1.52 bits per heavy atom. The molecule has 1 fully saturated rings. The molecule has 1 saturated heterocycles. The van der Waals surface area contributed by atoms with E-state index >= 15 is 4.39 Å². The van der Waals surface area contributed by atoms with Crippen LogP contribution in [0, 0.1) is 5.82 Å². The predicted octanol–water partition coefficient (Wildman–Crippen LogP) is 5.98. The zero-order valence-corrected chi connectivity index (χ0v) is 31.1. The van der Waals surface area contributed by atoms with Crippen molar-refractivity contribution < 1.29 is 33.0 Å². The first kappa shape index (κ1) is 36.5. The molecule has 14 nitrogen and oxygen atoms in total. The van der Waals surface area contributed by atoms with Crippen molar-refractivity contribution in [3.05, 3.63) is 102 Å². The standard InChI is InChI=1S/C41H41FN8O6/c1-22(45-40(53)55-2)38(51)49-17-5-8-33(49)36-43-21-32(47-36)26-13-15-28(29(42)18-26)23-9-11-24(12-10-23)31-20-44-37(46-31)34-19-27-7-4-6-25-14-16-30(48-41(54)56-3)39(52)50(34)35(25)27/h4,6-7,9-13,15,18,20-22,30,33-34H,5,8,14,16-17,19H2,1-3H3,(H,43,47)(H,44,46)(H,45,53)(H,48,54)/t22?,30-,33-,34-/m0/s1. The van der Waals surface area contributed by atoms with Crippen molar-refractivity contribution in [3.8, 4) is 33.6 Å². The predicted molar refractivity (Wildman–Crippen MR) is 204 cm³/mol. The first-order valence-corrected chi connectivity index (χ1v) is 18.6. The topological polar surface area (TPSA) is 175 Å². The quantitative estimate of drug-likeness (QED) is 0.149. The third kappa shape index (κ3) is 6.73. The van der Waals surface area contributed by atoms with Crippen LogP contribution in [0.1, 0.15) is 61.0 Å². The molecule has 15 heteroatoms. The summed E-state index contributed by atoms with van der Waals surface area (Å²) in [7, 11) is 2.52. The maximum absolute atomic E-state index is 15.7. The highest BCUT2D eigenvalue weighted by Crippen LogP contribution is 2.44. The number of carbonyl (C=O) groups excluding carboxylic acids is 4. The third-order valence-electron chi connectivity index (χ3n) is 10.9. The van der Waals surface area contributed by atoms with Crippen LogP contribution in [0.2, 0.25) is 0 Å². The van der Waals surface area contributed by atoms with Crippen LogP contribution in [0.25, 0.3) is 33.6 Å². The molecule has 3 aliphatic rings. The molecule has 56 heavy (non-hydrogen) atoms. The third-order valence-corrected chi connectivity index (χ3v) is 10.9. The Labute approximate surface area is 321 Å². The van der Waals surface area contributed by atoms with E-state index in [-0.39, 0.29) is 23.9 Å². The first-order valence-electron chi connectivity index (χ1n) is 18.6. The number of benzene rings is 3. The highest BCUT2D eigenvalue weighted by molar-refractivity contribution is 6.02. The lowest BCUT2D eigenvalue weighted by molar-refractivity contribution is -0.134. The SMILES string of the molecule is COC(=O)NC(C)C(=O)N1CCC[C@H]1c1ncc(-c2ccc(-c3ccc(-c4cnc([C@@H]5Cc6cccc7c6N5C(=O)[C@@H](NC(=O)OC)CC7)[nH]4)cc3)c(F)c2)[nH]1. The van der Waals surface area contributed by atoms with Gasteiger partial charge in [0.05, 0.1) is 55.8 Å². The zero-order chi connectivity index (χ0) is 39.1. The molecule has 5 aromatic rings. The number of aromatic nitrogens is 4. The van der Waals surface area contributed by atoms with E-state index in [0.717, 1.165) is 34.5 Å². The molecule has 0 spiro atoms. The van der Waals surface area contributed by atoms with Crippen LogP contribution in [0.15, 0.2) is 73.1 Å². The van der Waals surface area contributed by atoms with Crippen LogP contribution >= 0.6 is 0 Å². The molecule has 0 bridgehead atoms. The normalized spacial score (nSPS) is 19.3. The van der Waals surface area contributed by atoms with Gasteiger partial charge < -0.3 is 35.0 Å². The maximum Gasteiger partial charge on any atom is 0.407 e. The van der Waals surface area contributed by atoms with Crippen LogP contribution < -0.4 is 15.5 Å². The summed E-state index contributed by atoms with van der Waals surface area (Å²) in [5, 5.41) is 5.23. The molecule has 4 N–H and O–H groups in total. The number of methoxy groups -OCH3 is 2. The summed E-state index contributed by atoms with van der Waals surface area (Å²) >= 11 is 0. The van der Waals surface area contributed by atoms with Gasteiger partial charge in [0.2, 0.25) is 11.8 Å². The first-order chi connectivity index (χ1) is 27.1. The van der Waals surface area contributed by atoms with E-state index in [0.29, 0.717) is 66.3 Å². The van der Waals surface area contributed by atoms with Crippen molar-refractivity contribution in [2.75, 3.05) is 25.7 Å². The second-order valence-electron chi connectivity index (χ2n) is 14.3. The fourth-order valence-electron chi connectivity index (χ4n) is 8.10. The van der Waals surface area contributed by atoms with Crippen molar-refractivity contribution in [1.29, 1.82) is 0 Å². The summed E-state index contributed by atoms with van der Waals surface area (Å²) in [6.07, 6.45) is 5.21. The van der Waals surface area contributed by atoms with Crippen molar-refractivity contribution in [1.82, 2.24) is 35.5 Å². The maximum atomic E-state index is 15.7. The van der Waals surface area contributed by atoms with E-state index in [1.54, 1.807) is 35.2 Å². The van der Waals surface area contributed by atoms with Crippen molar-refractivity contribution in [2.45, 2.75) is 63.2 Å². The number of likely N-dealkylation sites (tertiary alicyclic amines) is 1. The molecule has 2 aromatic heterocycles. The van der Waals surface area contributed by atoms with Gasteiger partial charge in [0, 0.05) is 24.1 Å². The van der Waals surface area contributed by atoms with E-state index in [1.807, 2.05) is 48.5 Å². The van der Waals surface area contributed by atoms with Gasteiger partial charge in [-0.2, -0.15) is 0 Å². The van der Waals surface area contributed by atoms with Crippen molar-refractivity contribution in [3.63, 3.8) is 0 Å². The average molecular weight is 761 g/mol. The van der Waals surface area contributed by atoms with Gasteiger partial charge in [-0.3, -0.25) is 14.5 Å². The van der Waals surface area contributed by atoms with Crippen LogP contribution in [0.4, 0.5) is 19.7 Å². The Hall–Kier alpha value is -6.51. The number of para-hydroxylation sites is 1. The molecule has 5 heterocycles. The molecule has 288 valence electrons. The number of halogens is 1. The van der Waals surface area contributed by atoms with E-state index in [4.69, 9.17) is 9.72 Å². The van der Waals surface area contributed by atoms with Crippen LogP contribution in [-0.2, 0) is 31.9 Å². The Kier molecular flexibility index (Phi) is 9.74. The molecule has 0 radical (unpaired) electrons. The molecule has 3 aromatic carbocycles. The fourth-order valence-corrected chi connectivity index (χ4v) is 8.10. The Balaban J connectivity index is 0.969. The molecular weight excluding hydrogens is 719 g/mol. The van der Waals surface area contributed by atoms with Gasteiger partial charge in [-0.05, 0) is 60.9 Å². The lowest BCUT2D eigenvalue weighted by atomic mass is 10.0. The number of alkyl carbamates (subject to hydrolysis) is 2. The number of nitrogens with zero attached hydrogens (tertiary/aromatic N) is 4. The minimum absolute atomic E-state index is 0.208. The smallest absolute Gasteiger partial charge is 0.407 e. The number of H-pyrrole nitrogens is 2. The molecule has 0 aliphatic carbocycles. The van der Waals surface area contributed by atoms with E-state index in [2.05, 4.69) is 30.3 Å². The molecule has 4 amide bonds. The highest BCUT2D eigenvalue weighted by Gasteiger charge is 2.43. The van der Waals surface area contributed by atoms with Crippen LogP contribution in [0.5, 0.6) is 0 Å². The fraction of sp³-hybridized carbons (Fsp3) is 0.317. The van der Waals surface area contributed by atoms with Gasteiger partial charge in [-0.15, -0.1) is 0 Å². The number of aromatic amines is 2. The largest absolute Gasteiger partial charge is 0.453 e. The van der Waals surface area contributed by atoms with Gasteiger partial charge >= 0.3 is 12.2 Å². The molecule has 1 unspecified atom stereocenters.